The number of allylic oxidation sites excluding steroid dienone is 12. The van der Waals surface area contributed by atoms with Gasteiger partial charge in [0.25, 0.3) is 0 Å². The van der Waals surface area contributed by atoms with Crippen LogP contribution in [0.1, 0.15) is 329 Å². The quantitative estimate of drug-likeness (QED) is 0.0146. The highest BCUT2D eigenvalue weighted by Gasteiger charge is 2.29. The fraction of sp³-hybridized carbons (Fsp3) is 0.800. The van der Waals surface area contributed by atoms with Crippen LogP contribution in [-0.2, 0) is 55.8 Å². The first-order chi connectivity index (χ1) is 45.2. The lowest BCUT2D eigenvalue weighted by molar-refractivity contribution is -0.161. The topological polar surface area (TPSA) is 231 Å². The van der Waals surface area contributed by atoms with E-state index in [4.69, 9.17) is 32.3 Å². The van der Waals surface area contributed by atoms with E-state index >= 15 is 0 Å². The second-order valence-corrected chi connectivity index (χ2v) is 28.0. The molecular weight excluding hydrogens is 1220 g/mol. The van der Waals surface area contributed by atoms with E-state index in [9.17, 15) is 43.5 Å². The number of hydrogen-bond donors (Lipinski definition) is 4. The van der Waals surface area contributed by atoms with Crippen molar-refractivity contribution in [3.05, 3.63) is 72.9 Å². The van der Waals surface area contributed by atoms with Gasteiger partial charge >= 0.3 is 33.6 Å². The Morgan fingerprint density at radius 2 is 0.570 bits per heavy atom. The highest BCUT2D eigenvalue weighted by atomic mass is 31.2. The van der Waals surface area contributed by atoms with Crippen LogP contribution in [0.25, 0.3) is 0 Å². The van der Waals surface area contributed by atoms with Crippen LogP contribution in [0.5, 0.6) is 0 Å². The third kappa shape index (κ3) is 70.1. The van der Waals surface area contributed by atoms with E-state index in [1.165, 1.54) is 167 Å². The Balaban J connectivity index is 4.22. The lowest BCUT2D eigenvalue weighted by Crippen LogP contribution is -2.30. The molecule has 0 saturated heterocycles. The van der Waals surface area contributed by atoms with Gasteiger partial charge in [0.1, 0.15) is 25.4 Å². The first kappa shape index (κ1) is 90.0. The number of carbonyl (C=O) groups excluding carboxylic acids is 3. The van der Waals surface area contributed by atoms with Crippen LogP contribution in [0, 0.1) is 0 Å². The molecular formula is C75H136O16P2. The number of aliphatic hydroxyl groups is 2. The van der Waals surface area contributed by atoms with Crippen molar-refractivity contribution in [3.63, 3.8) is 0 Å². The van der Waals surface area contributed by atoms with Crippen molar-refractivity contribution in [2.75, 3.05) is 39.6 Å². The molecule has 4 N–H and O–H groups in total. The summed E-state index contributed by atoms with van der Waals surface area (Å²) in [7, 11) is -9.75. The maximum absolute atomic E-state index is 12.8. The van der Waals surface area contributed by atoms with Crippen molar-refractivity contribution in [2.24, 2.45) is 0 Å². The molecule has 5 unspecified atom stereocenters. The standard InChI is InChI=1S/C75H136O16P2/c1-4-7-10-13-16-19-22-23-24-25-26-27-28-29-30-31-32-33-34-35-36-37-38-39-40-41-42-43-44-45-48-50-52-55-58-61-73(78)85-64-70(76)65-87-92(81,82)88-66-71(77)67-89-93(83,84)90-69-72(91-75(80)63-60-57-54-51-47-21-18-15-12-9-6-3)68-86-74(79)62-59-56-53-49-46-20-17-14-11-8-5-2/h7,10,16,19,23-24,26-27,29-30,32-33,70-72,76-77H,4-6,8-9,11-15,17-18,20-22,25,28,31,34-69H2,1-3H3,(H,81,82)(H,83,84)/b10-7-,19-16-,24-23-,27-26-,30-29-,33-32-. The van der Waals surface area contributed by atoms with Crippen molar-refractivity contribution in [1.82, 2.24) is 0 Å². The summed E-state index contributed by atoms with van der Waals surface area (Å²) in [6, 6.07) is 0. The number of unbranched alkanes of at least 4 members (excludes halogenated alkanes) is 36. The zero-order valence-corrected chi connectivity index (χ0v) is 60.7. The molecule has 16 nitrogen and oxygen atoms in total. The molecule has 0 radical (unpaired) electrons. The van der Waals surface area contributed by atoms with Crippen LogP contribution >= 0.6 is 15.6 Å². The highest BCUT2D eigenvalue weighted by molar-refractivity contribution is 7.47. The monoisotopic (exact) mass is 1350 g/mol. The molecule has 0 aliphatic carbocycles. The van der Waals surface area contributed by atoms with Gasteiger partial charge in [-0.05, 0) is 70.6 Å². The summed E-state index contributed by atoms with van der Waals surface area (Å²) >= 11 is 0. The first-order valence-electron chi connectivity index (χ1n) is 37.2. The van der Waals surface area contributed by atoms with Crippen molar-refractivity contribution in [3.8, 4) is 0 Å². The molecule has 0 aromatic rings. The molecule has 0 amide bonds. The molecule has 93 heavy (non-hydrogen) atoms. The molecule has 0 fully saturated rings. The number of hydrogen-bond acceptors (Lipinski definition) is 14. The predicted molar refractivity (Wildman–Crippen MR) is 381 cm³/mol. The van der Waals surface area contributed by atoms with E-state index in [0.717, 1.165) is 103 Å². The Hall–Kier alpha value is -3.01. The van der Waals surface area contributed by atoms with Gasteiger partial charge in [0.05, 0.1) is 26.4 Å². The second kappa shape index (κ2) is 68.9. The van der Waals surface area contributed by atoms with Gasteiger partial charge in [-0.25, -0.2) is 9.13 Å². The number of esters is 3. The van der Waals surface area contributed by atoms with Gasteiger partial charge in [-0.1, -0.05) is 312 Å². The molecule has 0 spiro atoms. The summed E-state index contributed by atoms with van der Waals surface area (Å²) in [4.78, 5) is 58.2. The molecule has 18 heteroatoms. The SMILES string of the molecule is CC/C=C\C/C=C\C/C=C\C/C=C\C/C=C\C/C=C\CCCCCCCCCCCCCCCCCCC(=O)OCC(O)COP(=O)(O)OCC(O)COP(=O)(O)OCC(COC(=O)CCCCCCCCCCCCC)OC(=O)CCCCCCCCCCCCC. The average molecular weight is 1360 g/mol. The molecule has 0 bridgehead atoms. The summed E-state index contributed by atoms with van der Waals surface area (Å²) < 4.78 is 60.8. The summed E-state index contributed by atoms with van der Waals surface area (Å²) in [6.45, 7) is 2.57. The van der Waals surface area contributed by atoms with Gasteiger partial charge in [0.2, 0.25) is 0 Å². The van der Waals surface area contributed by atoms with Gasteiger partial charge in [0, 0.05) is 19.3 Å². The third-order valence-corrected chi connectivity index (χ3v) is 17.8. The molecule has 0 aliphatic rings. The number of phosphoric ester groups is 2. The van der Waals surface area contributed by atoms with Crippen molar-refractivity contribution >= 4 is 33.6 Å². The van der Waals surface area contributed by atoms with Gasteiger partial charge in [-0.2, -0.15) is 0 Å². The number of carbonyl (C=O) groups is 3. The molecule has 0 aromatic carbocycles. The molecule has 5 atom stereocenters. The zero-order valence-electron chi connectivity index (χ0n) is 58.9. The van der Waals surface area contributed by atoms with Crippen LogP contribution < -0.4 is 0 Å². The minimum absolute atomic E-state index is 0.112. The van der Waals surface area contributed by atoms with Crippen LogP contribution in [0.15, 0.2) is 72.9 Å². The first-order valence-corrected chi connectivity index (χ1v) is 40.2. The lowest BCUT2D eigenvalue weighted by Gasteiger charge is -2.21. The smallest absolute Gasteiger partial charge is 0.463 e. The van der Waals surface area contributed by atoms with Gasteiger partial charge in [-0.3, -0.25) is 32.5 Å². The minimum atomic E-state index is -4.91. The van der Waals surface area contributed by atoms with Gasteiger partial charge in [0.15, 0.2) is 6.10 Å². The molecule has 542 valence electrons. The summed E-state index contributed by atoms with van der Waals surface area (Å²) in [5.41, 5.74) is 0. The Morgan fingerprint density at radius 3 is 0.903 bits per heavy atom. The molecule has 0 rings (SSSR count). The van der Waals surface area contributed by atoms with Crippen molar-refractivity contribution in [1.29, 1.82) is 0 Å². The largest absolute Gasteiger partial charge is 0.472 e. The zero-order chi connectivity index (χ0) is 68.1. The normalized spacial score (nSPS) is 14.5. The van der Waals surface area contributed by atoms with E-state index in [2.05, 4.69) is 93.7 Å². The van der Waals surface area contributed by atoms with Crippen LogP contribution in [0.2, 0.25) is 0 Å². The van der Waals surface area contributed by atoms with Gasteiger partial charge < -0.3 is 34.2 Å². The third-order valence-electron chi connectivity index (χ3n) is 15.9. The summed E-state index contributed by atoms with van der Waals surface area (Å²) in [5, 5.41) is 20.5. The molecule has 0 heterocycles. The van der Waals surface area contributed by atoms with Crippen LogP contribution in [0.4, 0.5) is 0 Å². The lowest BCUT2D eigenvalue weighted by atomic mass is 10.0. The average Bonchev–Trinajstić information content (AvgIpc) is 3.63. The van der Waals surface area contributed by atoms with E-state index < -0.39 is 91.5 Å². The number of phosphoric acid groups is 2. The Labute approximate surface area is 566 Å². The maximum atomic E-state index is 12.8. The summed E-state index contributed by atoms with van der Waals surface area (Å²) in [5.74, 6) is -1.56. The Bertz CT molecular complexity index is 1990. The fourth-order valence-electron chi connectivity index (χ4n) is 10.3. The van der Waals surface area contributed by atoms with Gasteiger partial charge in [-0.15, -0.1) is 0 Å². The highest BCUT2D eigenvalue weighted by Crippen LogP contribution is 2.45. The summed E-state index contributed by atoms with van der Waals surface area (Å²) in [6.07, 6.45) is 74.3. The predicted octanol–water partition coefficient (Wildman–Crippen LogP) is 21.1. The molecule has 0 aromatic heterocycles. The fourth-order valence-corrected chi connectivity index (χ4v) is 11.9. The van der Waals surface area contributed by atoms with Crippen molar-refractivity contribution < 1.29 is 75.8 Å². The Kier molecular flexibility index (Phi) is 66.7. The van der Waals surface area contributed by atoms with E-state index in [0.29, 0.717) is 19.3 Å². The van der Waals surface area contributed by atoms with Crippen molar-refractivity contribution in [2.45, 2.75) is 347 Å². The maximum Gasteiger partial charge on any atom is 0.472 e. The van der Waals surface area contributed by atoms with Crippen LogP contribution in [0.3, 0.4) is 0 Å². The van der Waals surface area contributed by atoms with E-state index in [-0.39, 0.29) is 19.3 Å². The minimum Gasteiger partial charge on any atom is -0.463 e. The molecule has 0 saturated carbocycles. The van der Waals surface area contributed by atoms with E-state index in [1.54, 1.807) is 0 Å². The number of aliphatic hydroxyl groups excluding tert-OH is 2. The molecule has 0 aliphatic heterocycles. The van der Waals surface area contributed by atoms with E-state index in [1.807, 2.05) is 0 Å². The van der Waals surface area contributed by atoms with Crippen LogP contribution in [-0.4, -0.2) is 95.9 Å². The Morgan fingerprint density at radius 1 is 0.312 bits per heavy atom. The number of rotatable bonds is 71. The second-order valence-electron chi connectivity index (χ2n) is 25.1. The number of ether oxygens (including phenoxy) is 3.